The molecule has 0 N–H and O–H groups in total. The summed E-state index contributed by atoms with van der Waals surface area (Å²) in [5, 5.41) is 0. The van der Waals surface area contributed by atoms with Crippen LogP contribution in [0.25, 0.3) is 11.1 Å². The number of esters is 1. The van der Waals surface area contributed by atoms with Crippen LogP contribution < -0.4 is 0 Å². The number of furan rings is 1. The summed E-state index contributed by atoms with van der Waals surface area (Å²) < 4.78 is 33.8. The highest BCUT2D eigenvalue weighted by atomic mass is 32.2. The Balaban J connectivity index is 1.68. The summed E-state index contributed by atoms with van der Waals surface area (Å²) in [7, 11) is -1.58. The number of sulfone groups is 1. The van der Waals surface area contributed by atoms with Crippen LogP contribution in [0.3, 0.4) is 0 Å². The van der Waals surface area contributed by atoms with Gasteiger partial charge in [-0.3, -0.25) is 4.79 Å². The van der Waals surface area contributed by atoms with Crippen molar-refractivity contribution in [1.82, 2.24) is 4.90 Å². The molecule has 7 nitrogen and oxygen atoms in total. The van der Waals surface area contributed by atoms with Crippen molar-refractivity contribution in [3.8, 4) is 11.1 Å². The molecule has 0 spiro atoms. The summed E-state index contributed by atoms with van der Waals surface area (Å²) in [6, 6.07) is 10.5. The van der Waals surface area contributed by atoms with Gasteiger partial charge >= 0.3 is 5.97 Å². The highest BCUT2D eigenvalue weighted by molar-refractivity contribution is 7.91. The molecule has 1 aliphatic heterocycles. The molecule has 0 radical (unpaired) electrons. The molecule has 0 bridgehead atoms. The second-order valence-corrected chi connectivity index (χ2v) is 8.81. The number of hydrogen-bond donors (Lipinski definition) is 0. The van der Waals surface area contributed by atoms with Gasteiger partial charge in [0.1, 0.15) is 0 Å². The summed E-state index contributed by atoms with van der Waals surface area (Å²) in [5.41, 5.74) is 1.38. The second kappa shape index (κ2) is 7.56. The minimum Gasteiger partial charge on any atom is -0.457 e. The van der Waals surface area contributed by atoms with Crippen molar-refractivity contribution in [2.45, 2.75) is 25.5 Å². The van der Waals surface area contributed by atoms with E-state index in [1.54, 1.807) is 6.07 Å². The van der Waals surface area contributed by atoms with E-state index in [9.17, 15) is 18.0 Å². The van der Waals surface area contributed by atoms with Crippen LogP contribution in [0.4, 0.5) is 0 Å². The third-order valence-corrected chi connectivity index (χ3v) is 6.42. The van der Waals surface area contributed by atoms with Crippen LogP contribution >= 0.6 is 0 Å². The lowest BCUT2D eigenvalue weighted by Crippen LogP contribution is -2.44. The predicted octanol–water partition coefficient (Wildman–Crippen LogP) is 2.14. The molecule has 2 heterocycles. The van der Waals surface area contributed by atoms with E-state index < -0.39 is 33.9 Å². The number of carbonyl (C=O) groups excluding carboxylic acids is 2. The molecule has 27 heavy (non-hydrogen) atoms. The lowest BCUT2D eigenvalue weighted by atomic mass is 10.1. The highest BCUT2D eigenvalue weighted by Crippen LogP contribution is 2.26. The number of likely N-dealkylation sites (N-methyl/N-ethyl adjacent to an activating group) is 1. The maximum absolute atomic E-state index is 12.5. The quantitative estimate of drug-likeness (QED) is 0.725. The van der Waals surface area contributed by atoms with E-state index in [-0.39, 0.29) is 17.3 Å². The van der Waals surface area contributed by atoms with Gasteiger partial charge in [0.25, 0.3) is 5.91 Å². The monoisotopic (exact) mass is 391 g/mol. The van der Waals surface area contributed by atoms with E-state index in [0.29, 0.717) is 12.0 Å². The van der Waals surface area contributed by atoms with Crippen molar-refractivity contribution < 1.29 is 27.2 Å². The molecule has 2 aromatic rings. The summed E-state index contributed by atoms with van der Waals surface area (Å²) in [4.78, 5) is 26.4. The van der Waals surface area contributed by atoms with E-state index in [1.807, 2.05) is 30.3 Å². The Bertz CT molecular complexity index is 934. The zero-order valence-electron chi connectivity index (χ0n) is 15.1. The van der Waals surface area contributed by atoms with Gasteiger partial charge in [0, 0.05) is 18.7 Å². The van der Waals surface area contributed by atoms with Crippen molar-refractivity contribution in [2.75, 3.05) is 18.6 Å². The lowest BCUT2D eigenvalue weighted by molar-refractivity contribution is -0.140. The highest BCUT2D eigenvalue weighted by Gasteiger charge is 2.35. The Hall–Kier alpha value is -2.61. The topological polar surface area (TPSA) is 93.9 Å². The molecule has 0 aliphatic carbocycles. The molecule has 1 aliphatic rings. The number of benzene rings is 1. The van der Waals surface area contributed by atoms with Gasteiger partial charge in [0.2, 0.25) is 5.76 Å². The molecule has 144 valence electrons. The van der Waals surface area contributed by atoms with Crippen molar-refractivity contribution in [1.29, 1.82) is 0 Å². The first-order valence-corrected chi connectivity index (χ1v) is 10.4. The summed E-state index contributed by atoms with van der Waals surface area (Å²) in [6.07, 6.45) is 0.724. The average molecular weight is 391 g/mol. The standard InChI is InChI=1S/C19H21NO6S/c1-13(18(21)20(2)15-9-11-27(23,24)12-15)26-19(22)17-16(8-10-25-17)14-6-4-3-5-7-14/h3-8,10,13,15H,9,11-12H2,1-2H3/t13-,15-/m0/s1. The maximum atomic E-state index is 12.5. The number of nitrogens with zero attached hydrogens (tertiary/aromatic N) is 1. The van der Waals surface area contributed by atoms with Gasteiger partial charge in [-0.2, -0.15) is 0 Å². The van der Waals surface area contributed by atoms with E-state index in [2.05, 4.69) is 0 Å². The zero-order valence-corrected chi connectivity index (χ0v) is 15.9. The Morgan fingerprint density at radius 2 is 1.93 bits per heavy atom. The molecule has 1 saturated heterocycles. The summed E-state index contributed by atoms with van der Waals surface area (Å²) >= 11 is 0. The first-order valence-electron chi connectivity index (χ1n) is 8.59. The van der Waals surface area contributed by atoms with E-state index in [0.717, 1.165) is 5.56 Å². The Kier molecular flexibility index (Phi) is 5.36. The molecular weight excluding hydrogens is 370 g/mol. The van der Waals surface area contributed by atoms with Crippen LogP contribution in [0, 0.1) is 0 Å². The fraction of sp³-hybridized carbons (Fsp3) is 0.368. The number of hydrogen-bond acceptors (Lipinski definition) is 6. The first-order chi connectivity index (χ1) is 12.8. The SMILES string of the molecule is C[C@H](OC(=O)c1occc1-c1ccccc1)C(=O)N(C)[C@H]1CCS(=O)(=O)C1. The van der Waals surface area contributed by atoms with Crippen molar-refractivity contribution in [3.63, 3.8) is 0 Å². The predicted molar refractivity (Wildman–Crippen MR) is 98.9 cm³/mol. The van der Waals surface area contributed by atoms with Crippen LogP contribution in [-0.2, 0) is 19.4 Å². The third kappa shape index (κ3) is 4.21. The molecule has 0 saturated carbocycles. The molecule has 1 aromatic heterocycles. The summed E-state index contributed by atoms with van der Waals surface area (Å²) in [6.45, 7) is 1.46. The van der Waals surface area contributed by atoms with Crippen LogP contribution in [0.1, 0.15) is 23.9 Å². The zero-order chi connectivity index (χ0) is 19.6. The van der Waals surface area contributed by atoms with Crippen LogP contribution in [0.15, 0.2) is 47.1 Å². The number of carbonyl (C=O) groups is 2. The largest absolute Gasteiger partial charge is 0.457 e. The van der Waals surface area contributed by atoms with Crippen LogP contribution in [-0.4, -0.2) is 55.9 Å². The molecule has 1 amide bonds. The summed E-state index contributed by atoms with van der Waals surface area (Å²) in [5.74, 6) is -1.17. The Labute approximate surface area is 157 Å². The van der Waals surface area contributed by atoms with Gasteiger partial charge in [0.15, 0.2) is 15.9 Å². The third-order valence-electron chi connectivity index (χ3n) is 4.67. The molecule has 0 unspecified atom stereocenters. The van der Waals surface area contributed by atoms with Crippen LogP contribution in [0.5, 0.6) is 0 Å². The molecule has 2 atom stereocenters. The van der Waals surface area contributed by atoms with E-state index in [4.69, 9.17) is 9.15 Å². The van der Waals surface area contributed by atoms with E-state index >= 15 is 0 Å². The van der Waals surface area contributed by atoms with Crippen LogP contribution in [0.2, 0.25) is 0 Å². The number of rotatable bonds is 5. The molecule has 3 rings (SSSR count). The van der Waals surface area contributed by atoms with Crippen molar-refractivity contribution in [3.05, 3.63) is 48.4 Å². The first kappa shape index (κ1) is 19.2. The number of ether oxygens (including phenoxy) is 1. The lowest BCUT2D eigenvalue weighted by Gasteiger charge is -2.26. The molecular formula is C19H21NO6S. The maximum Gasteiger partial charge on any atom is 0.375 e. The van der Waals surface area contributed by atoms with Crippen molar-refractivity contribution in [2.24, 2.45) is 0 Å². The van der Waals surface area contributed by atoms with Gasteiger partial charge in [-0.1, -0.05) is 30.3 Å². The molecule has 8 heteroatoms. The average Bonchev–Trinajstić information content (AvgIpc) is 3.27. The van der Waals surface area contributed by atoms with Crippen molar-refractivity contribution >= 4 is 21.7 Å². The van der Waals surface area contributed by atoms with Gasteiger partial charge < -0.3 is 14.1 Å². The Morgan fingerprint density at radius 1 is 1.22 bits per heavy atom. The number of amides is 1. The Morgan fingerprint density at radius 3 is 2.56 bits per heavy atom. The smallest absolute Gasteiger partial charge is 0.375 e. The minimum absolute atomic E-state index is 0.0203. The molecule has 1 aromatic carbocycles. The van der Waals surface area contributed by atoms with Gasteiger partial charge in [0.05, 0.1) is 17.8 Å². The van der Waals surface area contributed by atoms with Gasteiger partial charge in [-0.15, -0.1) is 0 Å². The second-order valence-electron chi connectivity index (χ2n) is 6.58. The fourth-order valence-electron chi connectivity index (χ4n) is 3.12. The van der Waals surface area contributed by atoms with E-state index in [1.165, 1.54) is 25.1 Å². The minimum atomic E-state index is -3.11. The fourth-order valence-corrected chi connectivity index (χ4v) is 4.90. The van der Waals surface area contributed by atoms with Gasteiger partial charge in [-0.05, 0) is 25.0 Å². The normalized spacial score (nSPS) is 19.4. The molecule has 1 fully saturated rings. The van der Waals surface area contributed by atoms with Gasteiger partial charge in [-0.25, -0.2) is 13.2 Å².